The molecule has 6 aromatic rings. The highest BCUT2D eigenvalue weighted by atomic mass is 32.1. The first kappa shape index (κ1) is 42.0. The van der Waals surface area contributed by atoms with Gasteiger partial charge in [-0.1, -0.05) is 163 Å². The third-order valence-electron chi connectivity index (χ3n) is 10.0. The van der Waals surface area contributed by atoms with Gasteiger partial charge in [0.25, 0.3) is 0 Å². The van der Waals surface area contributed by atoms with Crippen LogP contribution in [0.2, 0.25) is 0 Å². The van der Waals surface area contributed by atoms with Gasteiger partial charge in [-0.2, -0.15) is 0 Å². The highest BCUT2D eigenvalue weighted by Gasteiger charge is 2.10. The van der Waals surface area contributed by atoms with E-state index < -0.39 is 0 Å². The van der Waals surface area contributed by atoms with Crippen molar-refractivity contribution >= 4 is 45.3 Å². The molecule has 294 valence electrons. The highest BCUT2D eigenvalue weighted by Crippen LogP contribution is 2.41. The van der Waals surface area contributed by atoms with Gasteiger partial charge in [0.15, 0.2) is 10.1 Å². The van der Waals surface area contributed by atoms with E-state index in [1.54, 1.807) is 22.7 Å². The molecule has 0 spiro atoms. The summed E-state index contributed by atoms with van der Waals surface area (Å²) in [5.41, 5.74) is 4.48. The number of ether oxygens (including phenoxy) is 2. The van der Waals surface area contributed by atoms with Crippen molar-refractivity contribution in [3.8, 4) is 62.4 Å². The minimum absolute atomic E-state index is 0.814. The molecule has 2 aromatic carbocycles. The molecule has 0 aliphatic rings. The molecule has 0 unspecified atom stereocenters. The van der Waals surface area contributed by atoms with Crippen LogP contribution < -0.4 is 9.47 Å². The van der Waals surface area contributed by atoms with Crippen molar-refractivity contribution in [2.45, 2.75) is 117 Å². The molecule has 6 heteroatoms. The number of thiophene rings is 4. The van der Waals surface area contributed by atoms with Gasteiger partial charge in [0.05, 0.1) is 13.2 Å². The Balaban J connectivity index is 0.930. The fraction of sp³-hybridized carbons (Fsp3) is 0.400. The van der Waals surface area contributed by atoms with Crippen molar-refractivity contribution in [2.75, 3.05) is 13.2 Å². The molecule has 0 saturated carbocycles. The van der Waals surface area contributed by atoms with Crippen molar-refractivity contribution in [1.29, 1.82) is 0 Å². The lowest BCUT2D eigenvalue weighted by molar-refractivity contribution is 0.312. The van der Waals surface area contributed by atoms with Crippen LogP contribution in [-0.2, 0) is 0 Å². The zero-order valence-electron chi connectivity index (χ0n) is 33.4. The third-order valence-corrected chi connectivity index (χ3v) is 14.7. The predicted octanol–water partition coefficient (Wildman–Crippen LogP) is 17.0. The third kappa shape index (κ3) is 13.5. The lowest BCUT2D eigenvalue weighted by atomic mass is 10.1. The molecule has 6 rings (SSSR count). The van der Waals surface area contributed by atoms with Crippen LogP contribution in [0.5, 0.6) is 10.1 Å². The van der Waals surface area contributed by atoms with Crippen LogP contribution in [0.4, 0.5) is 0 Å². The smallest absolute Gasteiger partial charge is 0.174 e. The van der Waals surface area contributed by atoms with Crippen LogP contribution in [0.15, 0.2) is 97.1 Å². The average Bonchev–Trinajstić information content (AvgIpc) is 4.07. The number of rotatable bonds is 24. The van der Waals surface area contributed by atoms with Crippen molar-refractivity contribution in [3.63, 3.8) is 0 Å². The minimum atomic E-state index is 0.814. The van der Waals surface area contributed by atoms with E-state index in [1.165, 1.54) is 130 Å². The van der Waals surface area contributed by atoms with Gasteiger partial charge in [-0.15, -0.1) is 22.7 Å². The van der Waals surface area contributed by atoms with Gasteiger partial charge in [-0.05, 0) is 96.8 Å². The molecule has 0 fully saturated rings. The summed E-state index contributed by atoms with van der Waals surface area (Å²) in [4.78, 5) is 7.64. The number of unbranched alkanes of at least 4 members (excludes halogenated alkanes) is 14. The van der Waals surface area contributed by atoms with Gasteiger partial charge in [0.2, 0.25) is 0 Å². The fourth-order valence-corrected chi connectivity index (χ4v) is 10.7. The van der Waals surface area contributed by atoms with Crippen molar-refractivity contribution < 1.29 is 9.47 Å². The standard InChI is InChI=1S/C50H58O2S4/c1-3-5-7-9-11-13-15-17-37-51-49-35-33-47(55-49)45-31-29-43(53-45)41-25-21-39(22-26-41)19-20-40-23-27-42(28-24-40)44-30-32-46(54-44)48-34-36-50(56-48)52-38-18-16-14-12-10-8-6-4-2/h21-36H,3-18,37-38H2,1-2H3. The largest absolute Gasteiger partial charge is 0.484 e. The van der Waals surface area contributed by atoms with Crippen LogP contribution in [0.3, 0.4) is 0 Å². The second-order valence-corrected chi connectivity index (χ2v) is 18.9. The van der Waals surface area contributed by atoms with Gasteiger partial charge in [0, 0.05) is 40.4 Å². The normalized spacial score (nSPS) is 11.1. The Bertz CT molecular complexity index is 1900. The summed E-state index contributed by atoms with van der Waals surface area (Å²) in [6.07, 6.45) is 21.1. The maximum Gasteiger partial charge on any atom is 0.174 e. The van der Waals surface area contributed by atoms with Crippen molar-refractivity contribution in [2.24, 2.45) is 0 Å². The molecule has 4 heterocycles. The second-order valence-electron chi connectivity index (χ2n) is 14.6. The van der Waals surface area contributed by atoms with E-state index in [0.29, 0.717) is 0 Å². The molecule has 56 heavy (non-hydrogen) atoms. The maximum atomic E-state index is 6.09. The lowest BCUT2D eigenvalue weighted by Crippen LogP contribution is -1.95. The van der Waals surface area contributed by atoms with Crippen LogP contribution in [0, 0.1) is 11.8 Å². The number of hydrogen-bond donors (Lipinski definition) is 0. The molecule has 0 aliphatic carbocycles. The zero-order chi connectivity index (χ0) is 38.6. The van der Waals surface area contributed by atoms with Crippen LogP contribution in [-0.4, -0.2) is 13.2 Å². The topological polar surface area (TPSA) is 18.5 Å². The first-order valence-corrected chi connectivity index (χ1v) is 24.3. The van der Waals surface area contributed by atoms with Crippen LogP contribution in [0.25, 0.3) is 40.4 Å². The number of benzene rings is 2. The first-order chi connectivity index (χ1) is 27.7. The van der Waals surface area contributed by atoms with Gasteiger partial charge in [-0.3, -0.25) is 0 Å². The monoisotopic (exact) mass is 818 g/mol. The first-order valence-electron chi connectivity index (χ1n) is 21.1. The Labute approximate surface area is 353 Å². The van der Waals surface area contributed by atoms with E-state index in [2.05, 4.69) is 123 Å². The second kappa shape index (κ2) is 23.6. The molecular formula is C50H58O2S4. The summed E-state index contributed by atoms with van der Waals surface area (Å²) in [6, 6.07) is 34.8. The van der Waals surface area contributed by atoms with Gasteiger partial charge >= 0.3 is 0 Å². The predicted molar refractivity (Wildman–Crippen MR) is 248 cm³/mol. The highest BCUT2D eigenvalue weighted by molar-refractivity contribution is 7.25. The molecule has 0 N–H and O–H groups in total. The quantitative estimate of drug-likeness (QED) is 0.0447. The molecular weight excluding hydrogens is 761 g/mol. The van der Waals surface area contributed by atoms with E-state index in [1.807, 2.05) is 22.7 Å². The molecule has 0 saturated heterocycles. The van der Waals surface area contributed by atoms with Crippen molar-refractivity contribution in [1.82, 2.24) is 0 Å². The molecule has 4 aromatic heterocycles. The van der Waals surface area contributed by atoms with Crippen LogP contribution >= 0.6 is 45.3 Å². The molecule has 0 aliphatic heterocycles. The Kier molecular flexibility index (Phi) is 17.7. The summed E-state index contributed by atoms with van der Waals surface area (Å²) >= 11 is 7.17. The molecule has 0 radical (unpaired) electrons. The average molecular weight is 819 g/mol. The van der Waals surface area contributed by atoms with Crippen LogP contribution in [0.1, 0.15) is 128 Å². The maximum absolute atomic E-state index is 6.09. The summed E-state index contributed by atoms with van der Waals surface area (Å²) in [6.45, 7) is 6.18. The summed E-state index contributed by atoms with van der Waals surface area (Å²) < 4.78 is 12.2. The molecule has 0 bridgehead atoms. The minimum Gasteiger partial charge on any atom is -0.484 e. The van der Waals surface area contributed by atoms with Crippen molar-refractivity contribution in [3.05, 3.63) is 108 Å². The Hall–Kier alpha value is -3.60. The fourth-order valence-electron chi connectivity index (χ4n) is 6.71. The Morgan fingerprint density at radius 2 is 0.661 bits per heavy atom. The van der Waals surface area contributed by atoms with E-state index in [9.17, 15) is 0 Å². The van der Waals surface area contributed by atoms with Gasteiger partial charge < -0.3 is 9.47 Å². The SMILES string of the molecule is CCCCCCCCCCOc1ccc(-c2ccc(-c3ccc(C#Cc4ccc(-c5ccc(-c6ccc(OCCCCCCCCCC)s6)s5)cc4)cc3)s2)s1. The Morgan fingerprint density at radius 1 is 0.339 bits per heavy atom. The zero-order valence-corrected chi connectivity index (χ0v) is 36.7. The lowest BCUT2D eigenvalue weighted by Gasteiger charge is -2.03. The molecule has 0 amide bonds. The van der Waals surface area contributed by atoms with Gasteiger partial charge in [-0.25, -0.2) is 0 Å². The van der Waals surface area contributed by atoms with E-state index in [0.717, 1.165) is 47.3 Å². The van der Waals surface area contributed by atoms with Gasteiger partial charge in [0.1, 0.15) is 0 Å². The summed E-state index contributed by atoms with van der Waals surface area (Å²) in [5, 5.41) is 2.04. The van der Waals surface area contributed by atoms with E-state index >= 15 is 0 Å². The summed E-state index contributed by atoms with van der Waals surface area (Å²) in [7, 11) is 0. The Morgan fingerprint density at radius 3 is 1.05 bits per heavy atom. The number of hydrogen-bond acceptors (Lipinski definition) is 6. The molecule has 0 atom stereocenters. The van der Waals surface area contributed by atoms with E-state index in [4.69, 9.17) is 9.47 Å². The summed E-state index contributed by atoms with van der Waals surface area (Å²) in [5.74, 6) is 6.73. The van der Waals surface area contributed by atoms with E-state index in [-0.39, 0.29) is 0 Å². The molecule has 2 nitrogen and oxygen atoms in total.